The molecule has 0 spiro atoms. The molecule has 0 saturated heterocycles. The molecule has 0 bridgehead atoms. The predicted molar refractivity (Wildman–Crippen MR) is 59.9 cm³/mol. The molecule has 1 heterocycles. The molecule has 15 heavy (non-hydrogen) atoms. The van der Waals surface area contributed by atoms with E-state index in [4.69, 9.17) is 15.2 Å². The molecule has 1 aromatic rings. The van der Waals surface area contributed by atoms with Crippen LogP contribution in [0.1, 0.15) is 24.4 Å². The van der Waals surface area contributed by atoms with E-state index in [0.717, 1.165) is 21.5 Å². The monoisotopic (exact) mass is 269 g/mol. The number of hydrogen-bond donors (Lipinski definition) is 1. The molecule has 0 radical (unpaired) electrons. The molecule has 4 heteroatoms. The van der Waals surface area contributed by atoms with Gasteiger partial charge in [-0.3, -0.25) is 0 Å². The van der Waals surface area contributed by atoms with Gasteiger partial charge in [-0.05, 0) is 36.5 Å². The number of benzene rings is 1. The fourth-order valence-corrected chi connectivity index (χ4v) is 2.48. The molecule has 1 aromatic carbocycles. The smallest absolute Gasteiger partial charge is 0.231 e. The van der Waals surface area contributed by atoms with E-state index in [1.54, 1.807) is 0 Å². The third-order valence-electron chi connectivity index (χ3n) is 2.98. The summed E-state index contributed by atoms with van der Waals surface area (Å²) in [7, 11) is 0. The van der Waals surface area contributed by atoms with Gasteiger partial charge >= 0.3 is 0 Å². The molecule has 3 rings (SSSR count). The minimum absolute atomic E-state index is 0.119. The van der Waals surface area contributed by atoms with E-state index in [9.17, 15) is 0 Å². The molecule has 80 valence electrons. The van der Waals surface area contributed by atoms with Crippen molar-refractivity contribution < 1.29 is 9.47 Å². The number of halogens is 1. The average molecular weight is 270 g/mol. The van der Waals surface area contributed by atoms with Gasteiger partial charge in [-0.25, -0.2) is 0 Å². The predicted octanol–water partition coefficient (Wildman–Crippen LogP) is 2.59. The molecule has 1 aliphatic heterocycles. The van der Waals surface area contributed by atoms with Gasteiger partial charge in [0.1, 0.15) is 0 Å². The van der Waals surface area contributed by atoms with E-state index in [1.165, 1.54) is 12.8 Å². The normalized spacial score (nSPS) is 20.4. The van der Waals surface area contributed by atoms with Gasteiger partial charge in [0.25, 0.3) is 0 Å². The van der Waals surface area contributed by atoms with Crippen LogP contribution in [0.3, 0.4) is 0 Å². The van der Waals surface area contributed by atoms with Crippen LogP contribution in [0, 0.1) is 5.92 Å². The topological polar surface area (TPSA) is 44.5 Å². The Balaban J connectivity index is 1.99. The standard InChI is InChI=1S/C11H12BrNO2/c12-8-4-10-9(14-5-15-10)3-7(8)11(13)6-1-2-6/h3-4,6,11H,1-2,5,13H2/t11-/m1/s1. The zero-order valence-electron chi connectivity index (χ0n) is 8.20. The highest BCUT2D eigenvalue weighted by Crippen LogP contribution is 2.45. The minimum atomic E-state index is 0.119. The molecular formula is C11H12BrNO2. The summed E-state index contributed by atoms with van der Waals surface area (Å²) in [6.07, 6.45) is 2.48. The summed E-state index contributed by atoms with van der Waals surface area (Å²) < 4.78 is 11.7. The van der Waals surface area contributed by atoms with Crippen LogP contribution >= 0.6 is 15.9 Å². The van der Waals surface area contributed by atoms with Gasteiger partial charge in [0.15, 0.2) is 11.5 Å². The Morgan fingerprint density at radius 3 is 2.60 bits per heavy atom. The summed E-state index contributed by atoms with van der Waals surface area (Å²) in [5.41, 5.74) is 7.30. The summed E-state index contributed by atoms with van der Waals surface area (Å²) >= 11 is 3.53. The Kier molecular flexibility index (Phi) is 2.14. The summed E-state index contributed by atoms with van der Waals surface area (Å²) in [6.45, 7) is 0.309. The Hall–Kier alpha value is -0.740. The van der Waals surface area contributed by atoms with Crippen molar-refractivity contribution in [1.29, 1.82) is 0 Å². The van der Waals surface area contributed by atoms with Crippen molar-refractivity contribution in [3.63, 3.8) is 0 Å². The molecule has 0 aromatic heterocycles. The van der Waals surface area contributed by atoms with E-state index in [0.29, 0.717) is 12.7 Å². The van der Waals surface area contributed by atoms with E-state index < -0.39 is 0 Å². The molecule has 0 unspecified atom stereocenters. The van der Waals surface area contributed by atoms with Gasteiger partial charge in [-0.2, -0.15) is 0 Å². The lowest BCUT2D eigenvalue weighted by Crippen LogP contribution is -2.12. The Morgan fingerprint density at radius 2 is 1.93 bits per heavy atom. The first-order chi connectivity index (χ1) is 7.25. The summed E-state index contributed by atoms with van der Waals surface area (Å²) in [5.74, 6) is 2.25. The zero-order valence-corrected chi connectivity index (χ0v) is 9.79. The molecule has 1 saturated carbocycles. The maximum atomic E-state index is 6.17. The van der Waals surface area contributed by atoms with E-state index >= 15 is 0 Å². The lowest BCUT2D eigenvalue weighted by molar-refractivity contribution is 0.174. The van der Waals surface area contributed by atoms with Crippen LogP contribution in [0.2, 0.25) is 0 Å². The van der Waals surface area contributed by atoms with Crippen LogP contribution in [0.25, 0.3) is 0 Å². The van der Waals surface area contributed by atoms with Crippen molar-refractivity contribution in [2.24, 2.45) is 11.7 Å². The van der Waals surface area contributed by atoms with Crippen molar-refractivity contribution in [3.05, 3.63) is 22.2 Å². The Morgan fingerprint density at radius 1 is 1.27 bits per heavy atom. The minimum Gasteiger partial charge on any atom is -0.454 e. The summed E-state index contributed by atoms with van der Waals surface area (Å²) in [4.78, 5) is 0. The molecular weight excluding hydrogens is 258 g/mol. The second kappa shape index (κ2) is 3.39. The van der Waals surface area contributed by atoms with Crippen LogP contribution in [-0.4, -0.2) is 6.79 Å². The highest BCUT2D eigenvalue weighted by atomic mass is 79.9. The van der Waals surface area contributed by atoms with Gasteiger partial charge < -0.3 is 15.2 Å². The number of nitrogens with two attached hydrogens (primary N) is 1. The third-order valence-corrected chi connectivity index (χ3v) is 3.67. The number of ether oxygens (including phenoxy) is 2. The number of hydrogen-bond acceptors (Lipinski definition) is 3. The van der Waals surface area contributed by atoms with Crippen LogP contribution < -0.4 is 15.2 Å². The highest BCUT2D eigenvalue weighted by Gasteiger charge is 2.31. The maximum absolute atomic E-state index is 6.17. The zero-order chi connectivity index (χ0) is 10.4. The Labute approximate surface area is 96.7 Å². The number of fused-ring (bicyclic) bond motifs is 1. The van der Waals surface area contributed by atoms with Gasteiger partial charge in [0.2, 0.25) is 6.79 Å². The Bertz CT molecular complexity index is 404. The van der Waals surface area contributed by atoms with Crippen molar-refractivity contribution in [1.82, 2.24) is 0 Å². The van der Waals surface area contributed by atoms with Gasteiger partial charge in [-0.15, -0.1) is 0 Å². The van der Waals surface area contributed by atoms with Gasteiger partial charge in [0, 0.05) is 10.5 Å². The lowest BCUT2D eigenvalue weighted by atomic mass is 10.0. The molecule has 0 amide bonds. The molecule has 1 aliphatic carbocycles. The second-order valence-electron chi connectivity index (χ2n) is 4.09. The third kappa shape index (κ3) is 1.62. The SMILES string of the molecule is N[C@@H](c1cc2c(cc1Br)OCO2)C1CC1. The molecule has 1 fully saturated rings. The van der Waals surface area contributed by atoms with Crippen molar-refractivity contribution in [2.45, 2.75) is 18.9 Å². The van der Waals surface area contributed by atoms with E-state index in [1.807, 2.05) is 12.1 Å². The van der Waals surface area contributed by atoms with Crippen LogP contribution in [0.5, 0.6) is 11.5 Å². The summed E-state index contributed by atoms with van der Waals surface area (Å²) in [5, 5.41) is 0. The average Bonchev–Trinajstić information content (AvgIpc) is 2.97. The largest absolute Gasteiger partial charge is 0.454 e. The first kappa shape index (κ1) is 9.48. The van der Waals surface area contributed by atoms with Crippen LogP contribution in [-0.2, 0) is 0 Å². The molecule has 2 aliphatic rings. The van der Waals surface area contributed by atoms with Crippen molar-refractivity contribution in [2.75, 3.05) is 6.79 Å². The van der Waals surface area contributed by atoms with Crippen LogP contribution in [0.15, 0.2) is 16.6 Å². The van der Waals surface area contributed by atoms with Crippen LogP contribution in [0.4, 0.5) is 0 Å². The molecule has 3 nitrogen and oxygen atoms in total. The fourth-order valence-electron chi connectivity index (χ4n) is 1.90. The molecule has 2 N–H and O–H groups in total. The van der Waals surface area contributed by atoms with Gasteiger partial charge in [-0.1, -0.05) is 15.9 Å². The van der Waals surface area contributed by atoms with E-state index in [2.05, 4.69) is 15.9 Å². The van der Waals surface area contributed by atoms with Gasteiger partial charge in [0.05, 0.1) is 0 Å². The lowest BCUT2D eigenvalue weighted by Gasteiger charge is -2.13. The fraction of sp³-hybridized carbons (Fsp3) is 0.455. The maximum Gasteiger partial charge on any atom is 0.231 e. The summed E-state index contributed by atoms with van der Waals surface area (Å²) in [6, 6.07) is 4.06. The first-order valence-corrected chi connectivity index (χ1v) is 5.89. The second-order valence-corrected chi connectivity index (χ2v) is 4.94. The number of rotatable bonds is 2. The highest BCUT2D eigenvalue weighted by molar-refractivity contribution is 9.10. The van der Waals surface area contributed by atoms with Crippen molar-refractivity contribution >= 4 is 15.9 Å². The first-order valence-electron chi connectivity index (χ1n) is 5.10. The quantitative estimate of drug-likeness (QED) is 0.898. The van der Waals surface area contributed by atoms with Crippen molar-refractivity contribution in [3.8, 4) is 11.5 Å². The van der Waals surface area contributed by atoms with E-state index in [-0.39, 0.29) is 6.04 Å². The molecule has 1 atom stereocenters.